The Kier molecular flexibility index (Phi) is 3.98. The number of nitrogens with one attached hydrogen (secondary N) is 1. The molecule has 24 heavy (non-hydrogen) atoms. The summed E-state index contributed by atoms with van der Waals surface area (Å²) < 4.78 is 5.17. The molecule has 0 atom stereocenters. The third-order valence-electron chi connectivity index (χ3n) is 3.41. The molecule has 4 rings (SSSR count). The molecule has 0 saturated carbocycles. The van der Waals surface area contributed by atoms with Crippen LogP contribution in [0.1, 0.15) is 10.6 Å². The first-order chi connectivity index (χ1) is 11.8. The maximum atomic E-state index is 12.3. The average molecular weight is 352 g/mol. The van der Waals surface area contributed by atoms with Gasteiger partial charge in [-0.15, -0.1) is 0 Å². The van der Waals surface area contributed by atoms with E-state index in [0.29, 0.717) is 5.00 Å². The second-order valence-electron chi connectivity index (χ2n) is 5.01. The Morgan fingerprint density at radius 3 is 2.62 bits per heavy atom. The molecule has 3 heterocycles. The molecule has 0 fully saturated rings. The van der Waals surface area contributed by atoms with Crippen molar-refractivity contribution in [2.24, 2.45) is 0 Å². The minimum atomic E-state index is -0.280. The number of carbonyl (C=O) groups excluding carboxylic acids is 1. The molecule has 1 amide bonds. The van der Waals surface area contributed by atoms with E-state index in [1.165, 1.54) is 17.6 Å². The van der Waals surface area contributed by atoms with Crippen LogP contribution in [0.4, 0.5) is 5.00 Å². The van der Waals surface area contributed by atoms with Crippen LogP contribution in [0.3, 0.4) is 0 Å². The van der Waals surface area contributed by atoms with Crippen molar-refractivity contribution < 1.29 is 9.21 Å². The Bertz CT molecular complexity index is 943. The lowest BCUT2D eigenvalue weighted by Crippen LogP contribution is -2.10. The van der Waals surface area contributed by atoms with E-state index in [9.17, 15) is 4.79 Å². The predicted molar refractivity (Wildman–Crippen MR) is 97.5 cm³/mol. The van der Waals surface area contributed by atoms with Crippen molar-refractivity contribution in [2.45, 2.75) is 0 Å². The van der Waals surface area contributed by atoms with Gasteiger partial charge in [-0.1, -0.05) is 41.7 Å². The molecule has 1 N–H and O–H groups in total. The largest absolute Gasteiger partial charge is 0.459 e. The molecule has 0 saturated heterocycles. The van der Waals surface area contributed by atoms with E-state index in [-0.39, 0.29) is 11.7 Å². The monoisotopic (exact) mass is 352 g/mol. The van der Waals surface area contributed by atoms with Crippen LogP contribution in [0.15, 0.2) is 70.0 Å². The highest BCUT2D eigenvalue weighted by Gasteiger charge is 2.18. The van der Waals surface area contributed by atoms with Crippen LogP contribution >= 0.6 is 22.7 Å². The number of benzene rings is 1. The number of hydrogen-bond donors (Lipinski definition) is 1. The fourth-order valence-electron chi connectivity index (χ4n) is 2.28. The zero-order chi connectivity index (χ0) is 16.4. The maximum absolute atomic E-state index is 12.3. The normalized spacial score (nSPS) is 10.7. The van der Waals surface area contributed by atoms with Crippen molar-refractivity contribution in [3.8, 4) is 21.8 Å². The zero-order valence-electron chi connectivity index (χ0n) is 12.4. The fourth-order valence-corrected chi connectivity index (χ4v) is 3.97. The van der Waals surface area contributed by atoms with Gasteiger partial charge in [0.2, 0.25) is 0 Å². The maximum Gasteiger partial charge on any atom is 0.292 e. The predicted octanol–water partition coefficient (Wildman–Crippen LogP) is 5.38. The highest BCUT2D eigenvalue weighted by molar-refractivity contribution is 7.20. The van der Waals surface area contributed by atoms with E-state index < -0.39 is 0 Å². The number of nitrogens with zero attached hydrogens (tertiary/aromatic N) is 1. The molecule has 4 nitrogen and oxygen atoms in total. The van der Waals surface area contributed by atoms with E-state index in [2.05, 4.69) is 5.32 Å². The highest BCUT2D eigenvalue weighted by atomic mass is 32.1. The van der Waals surface area contributed by atoms with Gasteiger partial charge < -0.3 is 9.73 Å². The van der Waals surface area contributed by atoms with Gasteiger partial charge in [-0.2, -0.15) is 11.3 Å². The molecule has 0 unspecified atom stereocenters. The summed E-state index contributed by atoms with van der Waals surface area (Å²) in [6, 6.07) is 15.2. The number of anilines is 1. The molecule has 118 valence electrons. The minimum Gasteiger partial charge on any atom is -0.459 e. The smallest absolute Gasteiger partial charge is 0.292 e. The van der Waals surface area contributed by atoms with E-state index in [1.54, 1.807) is 23.5 Å². The number of rotatable bonds is 4. The van der Waals surface area contributed by atoms with Gasteiger partial charge in [0.25, 0.3) is 5.91 Å². The van der Waals surface area contributed by atoms with Crippen LogP contribution in [0.5, 0.6) is 0 Å². The SMILES string of the molecule is O=C(Nc1sc(-c2ccsc2)nc1-c1ccccc1)c1ccco1. The summed E-state index contributed by atoms with van der Waals surface area (Å²) in [4.78, 5) is 17.1. The number of thiazole rings is 1. The summed E-state index contributed by atoms with van der Waals surface area (Å²) in [6.07, 6.45) is 1.48. The lowest BCUT2D eigenvalue weighted by molar-refractivity contribution is 0.0997. The van der Waals surface area contributed by atoms with Gasteiger partial charge in [-0.05, 0) is 23.6 Å². The third kappa shape index (κ3) is 2.89. The Morgan fingerprint density at radius 1 is 1.04 bits per heavy atom. The molecule has 0 bridgehead atoms. The van der Waals surface area contributed by atoms with Gasteiger partial charge in [0.15, 0.2) is 5.76 Å². The standard InChI is InChI=1S/C18H12N2O2S2/c21-16(14-7-4-9-22-14)20-18-15(12-5-2-1-3-6-12)19-17(24-18)13-8-10-23-11-13/h1-11H,(H,20,21). The quantitative estimate of drug-likeness (QED) is 0.536. The number of amides is 1. The van der Waals surface area contributed by atoms with Crippen LogP contribution in [-0.4, -0.2) is 10.9 Å². The van der Waals surface area contributed by atoms with Gasteiger partial charge in [0, 0.05) is 16.5 Å². The first kappa shape index (κ1) is 14.9. The second-order valence-corrected chi connectivity index (χ2v) is 6.79. The van der Waals surface area contributed by atoms with Crippen LogP contribution in [-0.2, 0) is 0 Å². The van der Waals surface area contributed by atoms with Gasteiger partial charge >= 0.3 is 0 Å². The summed E-state index contributed by atoms with van der Waals surface area (Å²) in [5.74, 6) is -0.00260. The molecule has 0 aliphatic rings. The minimum absolute atomic E-state index is 0.277. The number of aromatic nitrogens is 1. The van der Waals surface area contributed by atoms with Gasteiger partial charge in [0.05, 0.1) is 6.26 Å². The van der Waals surface area contributed by atoms with Crippen LogP contribution in [0.2, 0.25) is 0 Å². The third-order valence-corrected chi connectivity index (χ3v) is 5.12. The van der Waals surface area contributed by atoms with Crippen molar-refractivity contribution in [1.29, 1.82) is 0 Å². The molecular formula is C18H12N2O2S2. The molecule has 4 aromatic rings. The van der Waals surface area contributed by atoms with Gasteiger partial charge in [-0.3, -0.25) is 4.79 Å². The number of carbonyl (C=O) groups is 1. The molecule has 0 aliphatic heterocycles. The van der Waals surface area contributed by atoms with Crippen LogP contribution < -0.4 is 5.32 Å². The first-order valence-electron chi connectivity index (χ1n) is 7.25. The second kappa shape index (κ2) is 6.43. The number of hydrogen-bond acceptors (Lipinski definition) is 5. The molecule has 3 aromatic heterocycles. The van der Waals surface area contributed by atoms with Crippen molar-refractivity contribution >= 4 is 33.6 Å². The fraction of sp³-hybridized carbons (Fsp3) is 0. The first-order valence-corrected chi connectivity index (χ1v) is 9.01. The molecular weight excluding hydrogens is 340 g/mol. The lowest BCUT2D eigenvalue weighted by atomic mass is 10.1. The van der Waals surface area contributed by atoms with Gasteiger partial charge in [-0.25, -0.2) is 4.98 Å². The van der Waals surface area contributed by atoms with Crippen LogP contribution in [0.25, 0.3) is 21.8 Å². The van der Waals surface area contributed by atoms with E-state index >= 15 is 0 Å². The number of thiophene rings is 1. The number of furan rings is 1. The summed E-state index contributed by atoms with van der Waals surface area (Å²) in [6.45, 7) is 0. The Hall–Kier alpha value is -2.70. The van der Waals surface area contributed by atoms with E-state index in [1.807, 2.05) is 47.2 Å². The molecule has 0 spiro atoms. The molecule has 6 heteroatoms. The average Bonchev–Trinajstić information content (AvgIpc) is 3.36. The molecule has 0 radical (unpaired) electrons. The zero-order valence-corrected chi connectivity index (χ0v) is 14.1. The highest BCUT2D eigenvalue weighted by Crippen LogP contribution is 2.38. The van der Waals surface area contributed by atoms with Crippen LogP contribution in [0, 0.1) is 0 Å². The van der Waals surface area contributed by atoms with Crippen molar-refractivity contribution in [1.82, 2.24) is 4.98 Å². The Morgan fingerprint density at radius 2 is 1.92 bits per heavy atom. The Labute approximate surface area is 146 Å². The summed E-state index contributed by atoms with van der Waals surface area (Å²) in [7, 11) is 0. The summed E-state index contributed by atoms with van der Waals surface area (Å²) in [5, 5.41) is 8.57. The lowest BCUT2D eigenvalue weighted by Gasteiger charge is -2.03. The topological polar surface area (TPSA) is 55.1 Å². The van der Waals surface area contributed by atoms with Crippen molar-refractivity contribution in [2.75, 3.05) is 5.32 Å². The summed E-state index contributed by atoms with van der Waals surface area (Å²) in [5.41, 5.74) is 2.78. The molecule has 1 aromatic carbocycles. The van der Waals surface area contributed by atoms with E-state index in [0.717, 1.165) is 21.8 Å². The summed E-state index contributed by atoms with van der Waals surface area (Å²) >= 11 is 3.08. The van der Waals surface area contributed by atoms with Crippen molar-refractivity contribution in [3.63, 3.8) is 0 Å². The Balaban J connectivity index is 1.75. The van der Waals surface area contributed by atoms with E-state index in [4.69, 9.17) is 9.40 Å². The van der Waals surface area contributed by atoms with Gasteiger partial charge in [0.1, 0.15) is 15.7 Å². The molecule has 0 aliphatic carbocycles. The van der Waals surface area contributed by atoms with Crippen molar-refractivity contribution in [3.05, 3.63) is 71.3 Å².